The number of aromatic amines is 1. The number of hydrogen-bond acceptors (Lipinski definition) is 6. The van der Waals surface area contributed by atoms with Crippen LogP contribution >= 0.6 is 0 Å². The normalized spacial score (nSPS) is 22.0. The van der Waals surface area contributed by atoms with E-state index in [1.54, 1.807) is 6.33 Å². The third-order valence-electron chi connectivity index (χ3n) is 5.90. The van der Waals surface area contributed by atoms with E-state index in [1.165, 1.54) is 17.7 Å². The van der Waals surface area contributed by atoms with Crippen molar-refractivity contribution in [1.82, 2.24) is 20.2 Å². The van der Waals surface area contributed by atoms with Gasteiger partial charge < -0.3 is 14.9 Å². The smallest absolute Gasteiger partial charge is 0.134 e. The standard InChI is InChI=1S/C19H28N6O/c1-14-17(11-22-23-14)15-5-8-24(9-6-15)18-10-19(21-13-20-18)25-7-3-2-4-16(25)12-26/h10-11,13,15-16,26H,2-9,12H2,1H3,(H,22,23)/t16-/m1/s1. The van der Waals surface area contributed by atoms with Crippen LogP contribution in [0.5, 0.6) is 0 Å². The van der Waals surface area contributed by atoms with Crippen LogP contribution in [0, 0.1) is 6.92 Å². The van der Waals surface area contributed by atoms with Crippen molar-refractivity contribution >= 4 is 11.6 Å². The first-order chi connectivity index (χ1) is 12.8. The highest BCUT2D eigenvalue weighted by Gasteiger charge is 2.26. The Hall–Kier alpha value is -2.15. The Balaban J connectivity index is 1.45. The fourth-order valence-corrected chi connectivity index (χ4v) is 4.35. The third kappa shape index (κ3) is 3.40. The third-order valence-corrected chi connectivity index (χ3v) is 5.90. The van der Waals surface area contributed by atoms with Crippen molar-refractivity contribution in [2.75, 3.05) is 36.0 Å². The van der Waals surface area contributed by atoms with Gasteiger partial charge in [0, 0.05) is 31.4 Å². The van der Waals surface area contributed by atoms with Gasteiger partial charge in [-0.05, 0) is 50.5 Å². The van der Waals surface area contributed by atoms with Crippen molar-refractivity contribution in [2.24, 2.45) is 0 Å². The Bertz CT molecular complexity index is 724. The van der Waals surface area contributed by atoms with E-state index in [2.05, 4.69) is 43.0 Å². The average Bonchev–Trinajstić information content (AvgIpc) is 3.14. The second-order valence-electron chi connectivity index (χ2n) is 7.47. The first-order valence-electron chi connectivity index (χ1n) is 9.70. The topological polar surface area (TPSA) is 81.2 Å². The number of anilines is 2. The highest BCUT2D eigenvalue weighted by atomic mass is 16.3. The molecule has 2 N–H and O–H groups in total. The fourth-order valence-electron chi connectivity index (χ4n) is 4.35. The molecule has 140 valence electrons. The van der Waals surface area contributed by atoms with Crippen LogP contribution in [0.15, 0.2) is 18.6 Å². The SMILES string of the molecule is Cc1[nH]ncc1C1CCN(c2cc(N3CCCC[C@@H]3CO)ncn2)CC1. The van der Waals surface area contributed by atoms with Crippen LogP contribution < -0.4 is 9.80 Å². The zero-order valence-electron chi connectivity index (χ0n) is 15.4. The molecule has 2 aromatic rings. The Kier molecular flexibility index (Phi) is 5.06. The van der Waals surface area contributed by atoms with Crippen molar-refractivity contribution in [3.63, 3.8) is 0 Å². The maximum absolute atomic E-state index is 9.68. The Labute approximate surface area is 154 Å². The number of aliphatic hydroxyl groups is 1. The van der Waals surface area contributed by atoms with Crippen molar-refractivity contribution in [3.8, 4) is 0 Å². The largest absolute Gasteiger partial charge is 0.394 e. The van der Waals surface area contributed by atoms with Crippen molar-refractivity contribution < 1.29 is 5.11 Å². The molecule has 1 atom stereocenters. The Morgan fingerprint density at radius 1 is 1.12 bits per heavy atom. The summed E-state index contributed by atoms with van der Waals surface area (Å²) in [4.78, 5) is 13.6. The van der Waals surface area contributed by atoms with Crippen molar-refractivity contribution in [2.45, 2.75) is 51.0 Å². The lowest BCUT2D eigenvalue weighted by molar-refractivity contribution is 0.239. The van der Waals surface area contributed by atoms with Gasteiger partial charge in [-0.25, -0.2) is 9.97 Å². The molecule has 7 heteroatoms. The number of aromatic nitrogens is 4. The van der Waals surface area contributed by atoms with E-state index in [9.17, 15) is 5.11 Å². The zero-order valence-corrected chi connectivity index (χ0v) is 15.4. The second kappa shape index (κ2) is 7.61. The van der Waals surface area contributed by atoms with Gasteiger partial charge in [0.1, 0.15) is 18.0 Å². The van der Waals surface area contributed by atoms with E-state index in [0.29, 0.717) is 5.92 Å². The van der Waals surface area contributed by atoms with Gasteiger partial charge in [-0.1, -0.05) is 0 Å². The van der Waals surface area contributed by atoms with E-state index in [1.807, 2.05) is 6.20 Å². The molecule has 2 fully saturated rings. The summed E-state index contributed by atoms with van der Waals surface area (Å²) in [5.74, 6) is 2.52. The molecule has 4 heterocycles. The molecule has 0 bridgehead atoms. The quantitative estimate of drug-likeness (QED) is 0.874. The van der Waals surface area contributed by atoms with Gasteiger partial charge in [-0.15, -0.1) is 0 Å². The van der Waals surface area contributed by atoms with Gasteiger partial charge in [0.25, 0.3) is 0 Å². The van der Waals surface area contributed by atoms with Gasteiger partial charge in [-0.2, -0.15) is 5.10 Å². The molecule has 2 aliphatic rings. The molecule has 0 saturated carbocycles. The highest BCUT2D eigenvalue weighted by Crippen LogP contribution is 2.32. The lowest BCUT2D eigenvalue weighted by Crippen LogP contribution is -2.42. The maximum atomic E-state index is 9.68. The number of aryl methyl sites for hydroxylation is 1. The molecular formula is C19H28N6O. The lowest BCUT2D eigenvalue weighted by atomic mass is 9.90. The van der Waals surface area contributed by atoms with Crippen LogP contribution in [0.1, 0.15) is 49.3 Å². The van der Waals surface area contributed by atoms with Gasteiger partial charge in [0.2, 0.25) is 0 Å². The van der Waals surface area contributed by atoms with Gasteiger partial charge >= 0.3 is 0 Å². The molecule has 0 amide bonds. The van der Waals surface area contributed by atoms with Gasteiger partial charge in [0.05, 0.1) is 18.8 Å². The van der Waals surface area contributed by atoms with E-state index in [-0.39, 0.29) is 12.6 Å². The summed E-state index contributed by atoms with van der Waals surface area (Å²) in [5, 5.41) is 16.9. The summed E-state index contributed by atoms with van der Waals surface area (Å²) in [6.07, 6.45) is 9.24. The molecule has 2 aromatic heterocycles. The maximum Gasteiger partial charge on any atom is 0.134 e. The van der Waals surface area contributed by atoms with Gasteiger partial charge in [-0.3, -0.25) is 5.10 Å². The van der Waals surface area contributed by atoms with E-state index in [0.717, 1.165) is 57.0 Å². The van der Waals surface area contributed by atoms with Crippen LogP contribution in [0.4, 0.5) is 11.6 Å². The number of nitrogens with zero attached hydrogens (tertiary/aromatic N) is 5. The summed E-state index contributed by atoms with van der Waals surface area (Å²) >= 11 is 0. The predicted molar refractivity (Wildman–Crippen MR) is 102 cm³/mol. The molecule has 7 nitrogen and oxygen atoms in total. The van der Waals surface area contributed by atoms with Crippen molar-refractivity contribution in [1.29, 1.82) is 0 Å². The van der Waals surface area contributed by atoms with Crippen LogP contribution in [-0.4, -0.2) is 57.6 Å². The summed E-state index contributed by atoms with van der Waals surface area (Å²) in [5.41, 5.74) is 2.54. The average molecular weight is 356 g/mol. The minimum absolute atomic E-state index is 0.182. The molecule has 26 heavy (non-hydrogen) atoms. The molecule has 2 aliphatic heterocycles. The molecule has 4 rings (SSSR count). The molecule has 0 aromatic carbocycles. The van der Waals surface area contributed by atoms with Gasteiger partial charge in [0.15, 0.2) is 0 Å². The number of hydrogen-bond donors (Lipinski definition) is 2. The molecule has 0 aliphatic carbocycles. The second-order valence-corrected chi connectivity index (χ2v) is 7.47. The highest BCUT2D eigenvalue weighted by molar-refractivity contribution is 5.51. The minimum Gasteiger partial charge on any atom is -0.394 e. The van der Waals surface area contributed by atoms with E-state index in [4.69, 9.17) is 0 Å². The molecule has 0 radical (unpaired) electrons. The minimum atomic E-state index is 0.182. The number of piperidine rings is 2. The number of rotatable bonds is 4. The monoisotopic (exact) mass is 356 g/mol. The lowest BCUT2D eigenvalue weighted by Gasteiger charge is -2.36. The summed E-state index contributed by atoms with van der Waals surface area (Å²) in [6.45, 7) is 5.24. The van der Waals surface area contributed by atoms with E-state index < -0.39 is 0 Å². The molecule has 0 unspecified atom stereocenters. The summed E-state index contributed by atoms with van der Waals surface area (Å²) in [6, 6.07) is 2.28. The fraction of sp³-hybridized carbons (Fsp3) is 0.632. The summed E-state index contributed by atoms with van der Waals surface area (Å²) in [7, 11) is 0. The predicted octanol–water partition coefficient (Wildman–Crippen LogP) is 2.24. The Morgan fingerprint density at radius 3 is 2.65 bits per heavy atom. The van der Waals surface area contributed by atoms with Crippen LogP contribution in [-0.2, 0) is 0 Å². The van der Waals surface area contributed by atoms with Crippen LogP contribution in [0.3, 0.4) is 0 Å². The van der Waals surface area contributed by atoms with Crippen molar-refractivity contribution in [3.05, 3.63) is 29.8 Å². The number of nitrogens with one attached hydrogen (secondary N) is 1. The number of aliphatic hydroxyl groups excluding tert-OH is 1. The first-order valence-corrected chi connectivity index (χ1v) is 9.70. The van der Waals surface area contributed by atoms with E-state index >= 15 is 0 Å². The molecule has 2 saturated heterocycles. The molecule has 0 spiro atoms. The first kappa shape index (κ1) is 17.3. The zero-order chi connectivity index (χ0) is 17.9. The Morgan fingerprint density at radius 2 is 1.92 bits per heavy atom. The van der Waals surface area contributed by atoms with Crippen LogP contribution in [0.2, 0.25) is 0 Å². The van der Waals surface area contributed by atoms with Crippen LogP contribution in [0.25, 0.3) is 0 Å². The molecular weight excluding hydrogens is 328 g/mol. The summed E-state index contributed by atoms with van der Waals surface area (Å²) < 4.78 is 0. The number of H-pyrrole nitrogens is 1.